The lowest BCUT2D eigenvalue weighted by molar-refractivity contribution is 0.147. The van der Waals surface area contributed by atoms with Crippen LogP contribution in [-0.4, -0.2) is 11.2 Å². The van der Waals surface area contributed by atoms with Gasteiger partial charge in [0.1, 0.15) is 0 Å². The lowest BCUT2D eigenvalue weighted by Crippen LogP contribution is -2.31. The standard InChI is InChI=1S/C20H30O/c1-14-6-10-18(21)13-17(14)9-8-16-5-4-12-20(3)15(2)7-11-19(16)20/h8-9,15,18-19,21H,1,4-7,10-13H2,2-3H3. The van der Waals surface area contributed by atoms with Gasteiger partial charge in [-0.1, -0.05) is 43.7 Å². The monoisotopic (exact) mass is 286 g/mol. The van der Waals surface area contributed by atoms with Gasteiger partial charge in [-0.3, -0.25) is 0 Å². The summed E-state index contributed by atoms with van der Waals surface area (Å²) in [6.45, 7) is 9.14. The van der Waals surface area contributed by atoms with E-state index in [0.717, 1.165) is 31.1 Å². The first kappa shape index (κ1) is 15.1. The van der Waals surface area contributed by atoms with E-state index in [0.29, 0.717) is 5.41 Å². The Morgan fingerprint density at radius 2 is 2.00 bits per heavy atom. The van der Waals surface area contributed by atoms with E-state index in [-0.39, 0.29) is 6.10 Å². The summed E-state index contributed by atoms with van der Waals surface area (Å²) in [4.78, 5) is 0. The van der Waals surface area contributed by atoms with E-state index in [1.165, 1.54) is 43.3 Å². The van der Waals surface area contributed by atoms with Crippen molar-refractivity contribution in [1.29, 1.82) is 0 Å². The third-order valence-electron chi connectivity index (χ3n) is 6.63. The molecule has 3 saturated carbocycles. The van der Waals surface area contributed by atoms with E-state index in [1.54, 1.807) is 5.57 Å². The quantitative estimate of drug-likeness (QED) is 0.704. The van der Waals surface area contributed by atoms with Gasteiger partial charge in [0.05, 0.1) is 6.10 Å². The largest absolute Gasteiger partial charge is 0.393 e. The van der Waals surface area contributed by atoms with E-state index >= 15 is 0 Å². The molecule has 3 aliphatic carbocycles. The van der Waals surface area contributed by atoms with Crippen LogP contribution in [0.15, 0.2) is 35.5 Å². The summed E-state index contributed by atoms with van der Waals surface area (Å²) in [5, 5.41) is 9.86. The maximum absolute atomic E-state index is 9.86. The summed E-state index contributed by atoms with van der Waals surface area (Å²) >= 11 is 0. The Morgan fingerprint density at radius 1 is 1.19 bits per heavy atom. The van der Waals surface area contributed by atoms with Crippen molar-refractivity contribution in [1.82, 2.24) is 0 Å². The van der Waals surface area contributed by atoms with Crippen molar-refractivity contribution in [2.75, 3.05) is 0 Å². The number of hydrogen-bond donors (Lipinski definition) is 1. The highest BCUT2D eigenvalue weighted by Gasteiger charge is 2.46. The molecule has 4 unspecified atom stereocenters. The zero-order valence-corrected chi connectivity index (χ0v) is 13.7. The van der Waals surface area contributed by atoms with Crippen LogP contribution < -0.4 is 0 Å². The average Bonchev–Trinajstić information content (AvgIpc) is 2.76. The third-order valence-corrected chi connectivity index (χ3v) is 6.63. The van der Waals surface area contributed by atoms with E-state index in [2.05, 4.69) is 32.6 Å². The Balaban J connectivity index is 1.81. The van der Waals surface area contributed by atoms with Crippen LogP contribution in [0.3, 0.4) is 0 Å². The zero-order chi connectivity index (χ0) is 15.0. The molecule has 3 fully saturated rings. The average molecular weight is 286 g/mol. The van der Waals surface area contributed by atoms with Crippen LogP contribution in [0.4, 0.5) is 0 Å². The molecule has 21 heavy (non-hydrogen) atoms. The molecule has 1 N–H and O–H groups in total. The summed E-state index contributed by atoms with van der Waals surface area (Å²) in [6.07, 6.45) is 13.9. The lowest BCUT2D eigenvalue weighted by atomic mass is 9.64. The molecule has 0 spiro atoms. The van der Waals surface area contributed by atoms with Crippen molar-refractivity contribution in [3.8, 4) is 0 Å². The lowest BCUT2D eigenvalue weighted by Gasteiger charge is -2.41. The van der Waals surface area contributed by atoms with Gasteiger partial charge in [-0.05, 0) is 74.2 Å². The molecule has 3 aliphatic rings. The van der Waals surface area contributed by atoms with E-state index in [9.17, 15) is 5.11 Å². The van der Waals surface area contributed by atoms with Crippen molar-refractivity contribution < 1.29 is 5.11 Å². The highest BCUT2D eigenvalue weighted by Crippen LogP contribution is 2.57. The molecule has 0 saturated heterocycles. The maximum atomic E-state index is 9.86. The maximum Gasteiger partial charge on any atom is 0.0583 e. The van der Waals surface area contributed by atoms with Crippen molar-refractivity contribution in [2.24, 2.45) is 17.3 Å². The second kappa shape index (κ2) is 5.76. The summed E-state index contributed by atoms with van der Waals surface area (Å²) < 4.78 is 0. The summed E-state index contributed by atoms with van der Waals surface area (Å²) in [5.41, 5.74) is 4.70. The van der Waals surface area contributed by atoms with Gasteiger partial charge in [0.2, 0.25) is 0 Å². The highest BCUT2D eigenvalue weighted by molar-refractivity contribution is 5.36. The number of aliphatic hydroxyl groups is 1. The Morgan fingerprint density at radius 3 is 2.81 bits per heavy atom. The van der Waals surface area contributed by atoms with Gasteiger partial charge in [0.15, 0.2) is 0 Å². The third kappa shape index (κ3) is 2.77. The molecular formula is C20H30O. The molecule has 1 nitrogen and oxygen atoms in total. The molecule has 0 aliphatic heterocycles. The first-order chi connectivity index (χ1) is 10.0. The van der Waals surface area contributed by atoms with Gasteiger partial charge >= 0.3 is 0 Å². The Labute approximate surface area is 129 Å². The predicted molar refractivity (Wildman–Crippen MR) is 89.0 cm³/mol. The van der Waals surface area contributed by atoms with Crippen molar-refractivity contribution >= 4 is 0 Å². The number of rotatable bonds is 1. The normalized spacial score (nSPS) is 44.3. The Bertz CT molecular complexity index is 484. The van der Waals surface area contributed by atoms with Gasteiger partial charge in [0.25, 0.3) is 0 Å². The number of aliphatic hydroxyl groups excluding tert-OH is 1. The SMILES string of the molecule is C=C1CCC(O)CC1=CC=C1CCCC2(C)C(C)CCC12. The highest BCUT2D eigenvalue weighted by atomic mass is 16.3. The second-order valence-electron chi connectivity index (χ2n) is 7.82. The summed E-state index contributed by atoms with van der Waals surface area (Å²) in [7, 11) is 0. The smallest absolute Gasteiger partial charge is 0.0583 e. The molecule has 1 heteroatoms. The Hall–Kier alpha value is -0.820. The minimum atomic E-state index is -0.164. The molecule has 0 heterocycles. The van der Waals surface area contributed by atoms with Crippen molar-refractivity contribution in [3.05, 3.63) is 35.5 Å². The summed E-state index contributed by atoms with van der Waals surface area (Å²) in [6, 6.07) is 0. The first-order valence-corrected chi connectivity index (χ1v) is 8.76. The molecule has 116 valence electrons. The minimum Gasteiger partial charge on any atom is -0.393 e. The van der Waals surface area contributed by atoms with E-state index in [4.69, 9.17) is 0 Å². The fourth-order valence-electron chi connectivity index (χ4n) is 4.89. The van der Waals surface area contributed by atoms with Crippen LogP contribution in [0.1, 0.15) is 65.2 Å². The van der Waals surface area contributed by atoms with Crippen molar-refractivity contribution in [2.45, 2.75) is 71.3 Å². The molecule has 0 radical (unpaired) electrons. The molecule has 4 atom stereocenters. The van der Waals surface area contributed by atoms with Gasteiger partial charge in [-0.2, -0.15) is 0 Å². The summed E-state index contributed by atoms with van der Waals surface area (Å²) in [5.74, 6) is 1.66. The molecule has 0 aromatic rings. The number of fused-ring (bicyclic) bond motifs is 1. The van der Waals surface area contributed by atoms with Crippen LogP contribution in [0.25, 0.3) is 0 Å². The van der Waals surface area contributed by atoms with Crippen LogP contribution in [0.5, 0.6) is 0 Å². The molecule has 0 amide bonds. The number of hydrogen-bond acceptors (Lipinski definition) is 1. The minimum absolute atomic E-state index is 0.164. The number of allylic oxidation sites excluding steroid dienone is 4. The molecule has 0 bridgehead atoms. The molecular weight excluding hydrogens is 256 g/mol. The fraction of sp³-hybridized carbons (Fsp3) is 0.700. The van der Waals surface area contributed by atoms with Crippen LogP contribution >= 0.6 is 0 Å². The van der Waals surface area contributed by atoms with Crippen LogP contribution in [0.2, 0.25) is 0 Å². The second-order valence-corrected chi connectivity index (χ2v) is 7.82. The Kier molecular flexibility index (Phi) is 4.14. The fourth-order valence-corrected chi connectivity index (χ4v) is 4.89. The van der Waals surface area contributed by atoms with Crippen LogP contribution in [-0.2, 0) is 0 Å². The van der Waals surface area contributed by atoms with Gasteiger partial charge in [-0.25, -0.2) is 0 Å². The van der Waals surface area contributed by atoms with E-state index < -0.39 is 0 Å². The van der Waals surface area contributed by atoms with E-state index in [1.807, 2.05) is 0 Å². The van der Waals surface area contributed by atoms with Crippen LogP contribution in [0, 0.1) is 17.3 Å². The molecule has 3 rings (SSSR count). The van der Waals surface area contributed by atoms with Gasteiger partial charge in [-0.15, -0.1) is 0 Å². The van der Waals surface area contributed by atoms with Gasteiger partial charge in [0, 0.05) is 0 Å². The molecule has 0 aromatic heterocycles. The first-order valence-electron chi connectivity index (χ1n) is 8.76. The zero-order valence-electron chi connectivity index (χ0n) is 13.7. The topological polar surface area (TPSA) is 20.2 Å². The predicted octanol–water partition coefficient (Wildman–Crippen LogP) is 5.18. The van der Waals surface area contributed by atoms with Gasteiger partial charge < -0.3 is 5.11 Å². The molecule has 0 aromatic carbocycles. The van der Waals surface area contributed by atoms with Crippen molar-refractivity contribution in [3.63, 3.8) is 0 Å².